The Labute approximate surface area is 51.5 Å². The summed E-state index contributed by atoms with van der Waals surface area (Å²) in [6.07, 6.45) is 0. The second kappa shape index (κ2) is 4.67. The largest absolute Gasteiger partial charge is 0.226 e. The van der Waals surface area contributed by atoms with Gasteiger partial charge in [0.15, 0.2) is 0 Å². The van der Waals surface area contributed by atoms with E-state index >= 15 is 0 Å². The van der Waals surface area contributed by atoms with Gasteiger partial charge in [-0.1, -0.05) is 5.92 Å². The molecule has 0 aromatic carbocycles. The van der Waals surface area contributed by atoms with Gasteiger partial charge in [-0.15, -0.1) is 5.92 Å². The molecular formula is C7H12N. The van der Waals surface area contributed by atoms with Gasteiger partial charge in [0.2, 0.25) is 0 Å². The monoisotopic (exact) mass is 110 g/mol. The molecule has 0 bridgehead atoms. The summed E-state index contributed by atoms with van der Waals surface area (Å²) in [4.78, 5) is 0. The summed E-state index contributed by atoms with van der Waals surface area (Å²) in [6, 6.07) is 0.427. The fourth-order valence-electron chi connectivity index (χ4n) is 0.307. The third-order valence-corrected chi connectivity index (χ3v) is 0.712. The van der Waals surface area contributed by atoms with Gasteiger partial charge >= 0.3 is 0 Å². The molecule has 1 radical (unpaired) electrons. The standard InChI is InChI=1S/C7H12N/c1-4-5-6-8-7(2)3/h7H,6H2,1-3H3. The second-order valence-electron chi connectivity index (χ2n) is 1.86. The maximum absolute atomic E-state index is 4.14. The van der Waals surface area contributed by atoms with Gasteiger partial charge in [0.1, 0.15) is 0 Å². The molecule has 0 amide bonds. The van der Waals surface area contributed by atoms with Crippen LogP contribution in [-0.2, 0) is 0 Å². The molecule has 0 saturated carbocycles. The van der Waals surface area contributed by atoms with E-state index in [2.05, 4.69) is 31.0 Å². The van der Waals surface area contributed by atoms with Crippen LogP contribution in [0.5, 0.6) is 0 Å². The molecule has 0 saturated heterocycles. The van der Waals surface area contributed by atoms with E-state index in [1.165, 1.54) is 0 Å². The molecule has 1 heteroatoms. The summed E-state index contributed by atoms with van der Waals surface area (Å²) in [5, 5.41) is 4.14. The lowest BCUT2D eigenvalue weighted by molar-refractivity contribution is 0.625. The first kappa shape index (κ1) is 7.52. The van der Waals surface area contributed by atoms with E-state index in [0.717, 1.165) is 0 Å². The van der Waals surface area contributed by atoms with Crippen molar-refractivity contribution in [2.45, 2.75) is 26.8 Å². The van der Waals surface area contributed by atoms with E-state index in [9.17, 15) is 0 Å². The smallest absolute Gasteiger partial charge is 0.0748 e. The molecule has 0 unspecified atom stereocenters. The minimum absolute atomic E-state index is 0.427. The molecule has 0 rings (SSSR count). The summed E-state index contributed by atoms with van der Waals surface area (Å²) in [5.41, 5.74) is 0. The van der Waals surface area contributed by atoms with Crippen LogP contribution < -0.4 is 5.32 Å². The Balaban J connectivity index is 3.01. The lowest BCUT2D eigenvalue weighted by Crippen LogP contribution is -2.13. The highest BCUT2D eigenvalue weighted by Gasteiger charge is 1.87. The van der Waals surface area contributed by atoms with Crippen molar-refractivity contribution >= 4 is 0 Å². The van der Waals surface area contributed by atoms with Crippen LogP contribution in [0.15, 0.2) is 0 Å². The molecule has 0 aliphatic rings. The predicted octanol–water partition coefficient (Wildman–Crippen LogP) is 1.02. The van der Waals surface area contributed by atoms with Crippen LogP contribution in [0.1, 0.15) is 20.8 Å². The van der Waals surface area contributed by atoms with Crippen LogP contribution in [0.4, 0.5) is 0 Å². The quantitative estimate of drug-likeness (QED) is 0.471. The Morgan fingerprint density at radius 2 is 2.12 bits per heavy atom. The van der Waals surface area contributed by atoms with Crippen molar-refractivity contribution in [3.8, 4) is 11.8 Å². The van der Waals surface area contributed by atoms with Crippen LogP contribution >= 0.6 is 0 Å². The van der Waals surface area contributed by atoms with E-state index in [4.69, 9.17) is 0 Å². The third kappa shape index (κ3) is 5.52. The van der Waals surface area contributed by atoms with Crippen LogP contribution in [0.3, 0.4) is 0 Å². The zero-order valence-corrected chi connectivity index (χ0v) is 5.73. The topological polar surface area (TPSA) is 14.1 Å². The minimum atomic E-state index is 0.427. The molecule has 8 heavy (non-hydrogen) atoms. The average molecular weight is 110 g/mol. The van der Waals surface area contributed by atoms with Crippen LogP contribution in [0.25, 0.3) is 0 Å². The van der Waals surface area contributed by atoms with Crippen molar-refractivity contribution in [1.29, 1.82) is 0 Å². The third-order valence-electron chi connectivity index (χ3n) is 0.712. The van der Waals surface area contributed by atoms with Crippen LogP contribution in [0.2, 0.25) is 0 Å². The predicted molar refractivity (Wildman–Crippen MR) is 35.6 cm³/mol. The van der Waals surface area contributed by atoms with Crippen molar-refractivity contribution in [3.05, 3.63) is 0 Å². The number of nitrogens with zero attached hydrogens (tertiary/aromatic N) is 1. The Hall–Kier alpha value is -0.480. The Morgan fingerprint density at radius 3 is 2.50 bits per heavy atom. The number of rotatable bonds is 2. The lowest BCUT2D eigenvalue weighted by Gasteiger charge is -1.97. The maximum Gasteiger partial charge on any atom is 0.0748 e. The van der Waals surface area contributed by atoms with Gasteiger partial charge in [-0.3, -0.25) is 0 Å². The summed E-state index contributed by atoms with van der Waals surface area (Å²) in [6.45, 7) is 6.62. The highest BCUT2D eigenvalue weighted by atomic mass is 14.9. The van der Waals surface area contributed by atoms with E-state index in [1.807, 2.05) is 6.92 Å². The molecule has 1 nitrogen and oxygen atoms in total. The molecule has 0 aliphatic heterocycles. The van der Waals surface area contributed by atoms with Crippen molar-refractivity contribution < 1.29 is 0 Å². The normalized spacial score (nSPS) is 8.50. The molecule has 45 valence electrons. The maximum atomic E-state index is 4.14. The number of hydrogen-bond acceptors (Lipinski definition) is 0. The molecule has 0 heterocycles. The summed E-state index contributed by atoms with van der Waals surface area (Å²) < 4.78 is 0. The molecule has 0 N–H and O–H groups in total. The first-order valence-electron chi connectivity index (χ1n) is 2.83. The highest BCUT2D eigenvalue weighted by Crippen LogP contribution is 1.75. The lowest BCUT2D eigenvalue weighted by atomic mass is 10.4. The summed E-state index contributed by atoms with van der Waals surface area (Å²) >= 11 is 0. The van der Waals surface area contributed by atoms with E-state index in [-0.39, 0.29) is 0 Å². The number of hydrogen-bond donors (Lipinski definition) is 0. The van der Waals surface area contributed by atoms with E-state index in [0.29, 0.717) is 12.6 Å². The highest BCUT2D eigenvalue weighted by molar-refractivity contribution is 4.96. The molecular weight excluding hydrogens is 98.1 g/mol. The van der Waals surface area contributed by atoms with Gasteiger partial charge < -0.3 is 0 Å². The fraction of sp³-hybridized carbons (Fsp3) is 0.714. The SMILES string of the molecule is CC#CC[N]C(C)C. The van der Waals surface area contributed by atoms with Gasteiger partial charge in [0.05, 0.1) is 6.54 Å². The molecule has 0 atom stereocenters. The van der Waals surface area contributed by atoms with Crippen molar-refractivity contribution in [2.75, 3.05) is 6.54 Å². The Bertz CT molecular complexity index is 94.7. The summed E-state index contributed by atoms with van der Waals surface area (Å²) in [5.74, 6) is 5.64. The fourth-order valence-corrected chi connectivity index (χ4v) is 0.307. The van der Waals surface area contributed by atoms with Gasteiger partial charge in [-0.25, -0.2) is 5.32 Å². The molecule has 0 aromatic heterocycles. The van der Waals surface area contributed by atoms with Crippen LogP contribution in [0, 0.1) is 11.8 Å². The zero-order valence-electron chi connectivity index (χ0n) is 5.73. The molecule has 0 spiro atoms. The van der Waals surface area contributed by atoms with E-state index in [1.54, 1.807) is 0 Å². The van der Waals surface area contributed by atoms with Gasteiger partial charge in [0.25, 0.3) is 0 Å². The van der Waals surface area contributed by atoms with Gasteiger partial charge in [-0.2, -0.15) is 0 Å². The zero-order chi connectivity index (χ0) is 6.41. The van der Waals surface area contributed by atoms with E-state index < -0.39 is 0 Å². The average Bonchev–Trinajstić information content (AvgIpc) is 1.66. The summed E-state index contributed by atoms with van der Waals surface area (Å²) in [7, 11) is 0. The second-order valence-corrected chi connectivity index (χ2v) is 1.86. The first-order valence-corrected chi connectivity index (χ1v) is 2.83. The molecule has 0 aromatic rings. The van der Waals surface area contributed by atoms with Crippen LogP contribution in [-0.4, -0.2) is 12.6 Å². The Morgan fingerprint density at radius 1 is 1.50 bits per heavy atom. The van der Waals surface area contributed by atoms with Gasteiger partial charge in [0, 0.05) is 6.04 Å². The molecule has 0 fully saturated rings. The minimum Gasteiger partial charge on any atom is -0.226 e. The Kier molecular flexibility index (Phi) is 4.39. The molecule has 0 aliphatic carbocycles. The van der Waals surface area contributed by atoms with Crippen molar-refractivity contribution in [2.24, 2.45) is 0 Å². The van der Waals surface area contributed by atoms with Crippen molar-refractivity contribution in [1.82, 2.24) is 5.32 Å². The van der Waals surface area contributed by atoms with Crippen molar-refractivity contribution in [3.63, 3.8) is 0 Å². The van der Waals surface area contributed by atoms with Gasteiger partial charge in [-0.05, 0) is 20.8 Å². The first-order chi connectivity index (χ1) is 3.77.